The second-order valence-electron chi connectivity index (χ2n) is 5.49. The Morgan fingerprint density at radius 1 is 1.22 bits per heavy atom. The lowest BCUT2D eigenvalue weighted by Gasteiger charge is -2.20. The highest BCUT2D eigenvalue weighted by molar-refractivity contribution is 7.80. The first-order valence-electron chi connectivity index (χ1n) is 7.83. The fourth-order valence-electron chi connectivity index (χ4n) is 1.91. The van der Waals surface area contributed by atoms with Gasteiger partial charge < -0.3 is 36.9 Å². The second kappa shape index (κ2) is 11.2. The number of carbonyl (C=O) groups excluding carboxylic acids is 3. The lowest BCUT2D eigenvalue weighted by atomic mass is 10.1. The first-order valence-corrected chi connectivity index (χ1v) is 8.46. The summed E-state index contributed by atoms with van der Waals surface area (Å²) in [6.07, 6.45) is 2.79. The van der Waals surface area contributed by atoms with Crippen LogP contribution in [0.3, 0.4) is 0 Å². The minimum atomic E-state index is -1.52. The third-order valence-electron chi connectivity index (χ3n) is 3.38. The van der Waals surface area contributed by atoms with Crippen molar-refractivity contribution in [2.45, 2.75) is 24.5 Å². The number of hydrogen-bond donors (Lipinski definition) is 8. The summed E-state index contributed by atoms with van der Waals surface area (Å²) >= 11 is 3.87. The SMILES string of the molecule is NC(CS)C(=O)NCC(=O)NC(Cc1cnc[nH]1)C(=O)NC(CO)C(=O)O. The van der Waals surface area contributed by atoms with E-state index in [1.807, 2.05) is 0 Å². The van der Waals surface area contributed by atoms with E-state index in [1.165, 1.54) is 12.5 Å². The molecule has 0 saturated heterocycles. The van der Waals surface area contributed by atoms with Crippen molar-refractivity contribution in [3.05, 3.63) is 18.2 Å². The average molecular weight is 402 g/mol. The van der Waals surface area contributed by atoms with Crippen molar-refractivity contribution < 1.29 is 29.4 Å². The number of rotatable bonds is 11. The van der Waals surface area contributed by atoms with Crippen LogP contribution >= 0.6 is 12.6 Å². The largest absolute Gasteiger partial charge is 0.480 e. The summed E-state index contributed by atoms with van der Waals surface area (Å²) in [5.41, 5.74) is 5.97. The summed E-state index contributed by atoms with van der Waals surface area (Å²) in [7, 11) is 0. The number of carboxylic acids is 1. The van der Waals surface area contributed by atoms with Crippen LogP contribution < -0.4 is 21.7 Å². The minimum absolute atomic E-state index is 0.0144. The normalized spacial score (nSPS) is 13.9. The van der Waals surface area contributed by atoms with Gasteiger partial charge in [-0.05, 0) is 0 Å². The van der Waals surface area contributed by atoms with Gasteiger partial charge in [-0.15, -0.1) is 0 Å². The van der Waals surface area contributed by atoms with Crippen molar-refractivity contribution in [2.24, 2.45) is 5.73 Å². The van der Waals surface area contributed by atoms with Crippen LogP contribution in [-0.4, -0.2) is 80.9 Å². The van der Waals surface area contributed by atoms with Crippen LogP contribution in [0.1, 0.15) is 5.69 Å². The number of aromatic nitrogens is 2. The fourth-order valence-corrected chi connectivity index (χ4v) is 2.08. The predicted octanol–water partition coefficient (Wildman–Crippen LogP) is -3.63. The molecule has 0 aromatic carbocycles. The van der Waals surface area contributed by atoms with E-state index < -0.39 is 55.0 Å². The van der Waals surface area contributed by atoms with Gasteiger partial charge in [0.15, 0.2) is 0 Å². The van der Waals surface area contributed by atoms with E-state index in [0.717, 1.165) is 0 Å². The highest BCUT2D eigenvalue weighted by atomic mass is 32.1. The first kappa shape index (κ1) is 22.4. The number of nitrogens with zero attached hydrogens (tertiary/aromatic N) is 1. The van der Waals surface area contributed by atoms with Crippen molar-refractivity contribution in [1.29, 1.82) is 0 Å². The third-order valence-corrected chi connectivity index (χ3v) is 3.78. The van der Waals surface area contributed by atoms with Crippen LogP contribution in [0.4, 0.5) is 0 Å². The number of thiol groups is 1. The van der Waals surface area contributed by atoms with Crippen LogP contribution in [0.5, 0.6) is 0 Å². The van der Waals surface area contributed by atoms with Gasteiger partial charge in [-0.2, -0.15) is 12.6 Å². The molecule has 0 aliphatic rings. The molecule has 0 radical (unpaired) electrons. The smallest absolute Gasteiger partial charge is 0.328 e. The predicted molar refractivity (Wildman–Crippen MR) is 95.7 cm³/mol. The molecule has 8 N–H and O–H groups in total. The van der Waals surface area contributed by atoms with Crippen LogP contribution in [0.2, 0.25) is 0 Å². The van der Waals surface area contributed by atoms with E-state index >= 15 is 0 Å². The van der Waals surface area contributed by atoms with Gasteiger partial charge in [-0.25, -0.2) is 9.78 Å². The molecule has 3 atom stereocenters. The van der Waals surface area contributed by atoms with Crippen LogP contribution in [0.15, 0.2) is 12.5 Å². The molecule has 0 spiro atoms. The molecule has 3 unspecified atom stereocenters. The lowest BCUT2D eigenvalue weighted by Crippen LogP contribution is -2.55. The van der Waals surface area contributed by atoms with Gasteiger partial charge in [-0.1, -0.05) is 0 Å². The molecule has 0 saturated carbocycles. The van der Waals surface area contributed by atoms with Crippen molar-refractivity contribution in [3.8, 4) is 0 Å². The fraction of sp³-hybridized carbons (Fsp3) is 0.500. The molecular formula is C14H22N6O6S. The maximum absolute atomic E-state index is 12.3. The van der Waals surface area contributed by atoms with E-state index in [2.05, 4.69) is 38.5 Å². The Morgan fingerprint density at radius 3 is 2.44 bits per heavy atom. The van der Waals surface area contributed by atoms with E-state index in [-0.39, 0.29) is 12.2 Å². The van der Waals surface area contributed by atoms with E-state index in [4.69, 9.17) is 15.9 Å². The Bertz CT molecular complexity index is 655. The number of hydrogen-bond acceptors (Lipinski definition) is 8. The van der Waals surface area contributed by atoms with Crippen molar-refractivity contribution in [2.75, 3.05) is 18.9 Å². The molecule has 1 rings (SSSR count). The maximum Gasteiger partial charge on any atom is 0.328 e. The average Bonchev–Trinajstić information content (AvgIpc) is 3.15. The highest BCUT2D eigenvalue weighted by Crippen LogP contribution is 2.00. The van der Waals surface area contributed by atoms with Gasteiger partial charge in [0.05, 0.1) is 25.5 Å². The van der Waals surface area contributed by atoms with Crippen molar-refractivity contribution in [1.82, 2.24) is 25.9 Å². The van der Waals surface area contributed by atoms with Gasteiger partial charge in [-0.3, -0.25) is 14.4 Å². The lowest BCUT2D eigenvalue weighted by molar-refractivity contribution is -0.143. The Morgan fingerprint density at radius 2 is 1.93 bits per heavy atom. The topological polar surface area (TPSA) is 200 Å². The number of amides is 3. The number of carbonyl (C=O) groups is 4. The number of carboxylic acid groups (broad SMARTS) is 1. The molecule has 1 aromatic heterocycles. The van der Waals surface area contributed by atoms with Gasteiger partial charge in [0, 0.05) is 24.1 Å². The molecule has 0 aliphatic carbocycles. The number of aliphatic hydroxyl groups excluding tert-OH is 1. The number of nitrogens with one attached hydrogen (secondary N) is 4. The third kappa shape index (κ3) is 7.64. The zero-order valence-electron chi connectivity index (χ0n) is 14.2. The Hall–Kier alpha value is -2.64. The summed E-state index contributed by atoms with van der Waals surface area (Å²) in [4.78, 5) is 53.4. The Balaban J connectivity index is 2.73. The van der Waals surface area contributed by atoms with Crippen LogP contribution in [0, 0.1) is 0 Å². The summed E-state index contributed by atoms with van der Waals surface area (Å²) in [6.45, 7) is -1.25. The molecule has 27 heavy (non-hydrogen) atoms. The number of aliphatic carboxylic acids is 1. The molecule has 1 aromatic rings. The molecule has 13 heteroatoms. The molecule has 0 aliphatic heterocycles. The Kier molecular flexibility index (Phi) is 9.25. The van der Waals surface area contributed by atoms with Gasteiger partial charge in [0.25, 0.3) is 0 Å². The van der Waals surface area contributed by atoms with Gasteiger partial charge >= 0.3 is 5.97 Å². The van der Waals surface area contributed by atoms with Crippen molar-refractivity contribution >= 4 is 36.3 Å². The van der Waals surface area contributed by atoms with Gasteiger partial charge in [0.1, 0.15) is 12.1 Å². The molecular weight excluding hydrogens is 380 g/mol. The van der Waals surface area contributed by atoms with Crippen LogP contribution in [0.25, 0.3) is 0 Å². The number of aliphatic hydroxyl groups is 1. The van der Waals surface area contributed by atoms with Crippen molar-refractivity contribution in [3.63, 3.8) is 0 Å². The number of imidazole rings is 1. The number of aromatic amines is 1. The molecule has 3 amide bonds. The molecule has 0 fully saturated rings. The minimum Gasteiger partial charge on any atom is -0.480 e. The molecule has 12 nitrogen and oxygen atoms in total. The Labute approximate surface area is 159 Å². The standard InChI is InChI=1S/C14H22N6O6S/c15-8(5-27)12(23)17-3-11(22)19-9(1-7-2-16-6-18-7)13(24)20-10(4-21)14(25)26/h2,6,8-10,21,27H,1,3-5,15H2,(H,16,18)(H,17,23)(H,19,22)(H,20,24)(H,25,26). The molecule has 0 bridgehead atoms. The summed E-state index contributed by atoms with van der Waals surface area (Å²) in [6, 6.07) is -3.57. The summed E-state index contributed by atoms with van der Waals surface area (Å²) < 4.78 is 0. The van der Waals surface area contributed by atoms with E-state index in [9.17, 15) is 19.2 Å². The van der Waals surface area contributed by atoms with Crippen LogP contribution in [-0.2, 0) is 25.6 Å². The summed E-state index contributed by atoms with van der Waals surface area (Å²) in [5, 5.41) is 24.7. The second-order valence-corrected chi connectivity index (χ2v) is 5.86. The number of H-pyrrole nitrogens is 1. The zero-order chi connectivity index (χ0) is 20.4. The highest BCUT2D eigenvalue weighted by Gasteiger charge is 2.27. The molecule has 150 valence electrons. The van der Waals surface area contributed by atoms with E-state index in [1.54, 1.807) is 0 Å². The first-order chi connectivity index (χ1) is 12.8. The number of nitrogens with two attached hydrogens (primary N) is 1. The quantitative estimate of drug-likeness (QED) is 0.173. The summed E-state index contributed by atoms with van der Waals surface area (Å²) in [5.74, 6) is -3.43. The van der Waals surface area contributed by atoms with Gasteiger partial charge in [0.2, 0.25) is 17.7 Å². The van der Waals surface area contributed by atoms with E-state index in [0.29, 0.717) is 5.69 Å². The maximum atomic E-state index is 12.3. The molecule has 1 heterocycles. The monoisotopic (exact) mass is 402 g/mol. The zero-order valence-corrected chi connectivity index (χ0v) is 15.1.